The molecular formula is C11H11Cl2FN2O. The second kappa shape index (κ2) is 4.44. The highest BCUT2D eigenvalue weighted by Gasteiger charge is 2.40. The van der Waals surface area contributed by atoms with Gasteiger partial charge < -0.3 is 11.1 Å². The molecule has 1 amide bonds. The lowest BCUT2D eigenvalue weighted by molar-refractivity contribution is -0.123. The Kier molecular flexibility index (Phi) is 3.30. The number of hydrogen-bond acceptors (Lipinski definition) is 2. The SMILES string of the molecule is NC1(C(=O)Nc2cc(Cl)c(F)c(Cl)c2)CCC1. The number of benzene rings is 1. The first-order valence-electron chi connectivity index (χ1n) is 5.17. The summed E-state index contributed by atoms with van der Waals surface area (Å²) in [5, 5.41) is 2.33. The third-order valence-corrected chi connectivity index (χ3v) is 3.49. The molecule has 6 heteroatoms. The van der Waals surface area contributed by atoms with E-state index >= 15 is 0 Å². The Morgan fingerprint density at radius 2 is 1.88 bits per heavy atom. The van der Waals surface area contributed by atoms with Crippen molar-refractivity contribution in [3.63, 3.8) is 0 Å². The molecule has 0 bridgehead atoms. The molecule has 2 rings (SSSR count). The zero-order chi connectivity index (χ0) is 12.6. The van der Waals surface area contributed by atoms with Gasteiger partial charge in [0.25, 0.3) is 0 Å². The van der Waals surface area contributed by atoms with Crippen LogP contribution < -0.4 is 11.1 Å². The second-order valence-corrected chi connectivity index (χ2v) is 5.03. The van der Waals surface area contributed by atoms with Crippen LogP contribution in [0.5, 0.6) is 0 Å². The lowest BCUT2D eigenvalue weighted by atomic mass is 9.77. The van der Waals surface area contributed by atoms with E-state index in [1.165, 1.54) is 12.1 Å². The van der Waals surface area contributed by atoms with Crippen molar-refractivity contribution in [2.45, 2.75) is 24.8 Å². The van der Waals surface area contributed by atoms with E-state index in [9.17, 15) is 9.18 Å². The number of hydrogen-bond donors (Lipinski definition) is 2. The monoisotopic (exact) mass is 276 g/mol. The van der Waals surface area contributed by atoms with Gasteiger partial charge in [0.1, 0.15) is 0 Å². The first-order chi connectivity index (χ1) is 7.92. The van der Waals surface area contributed by atoms with Crippen molar-refractivity contribution in [1.82, 2.24) is 0 Å². The van der Waals surface area contributed by atoms with Crippen molar-refractivity contribution >= 4 is 34.8 Å². The van der Waals surface area contributed by atoms with E-state index in [-0.39, 0.29) is 16.0 Å². The zero-order valence-electron chi connectivity index (χ0n) is 8.90. The highest BCUT2D eigenvalue weighted by Crippen LogP contribution is 2.32. The van der Waals surface area contributed by atoms with Gasteiger partial charge >= 0.3 is 0 Å². The largest absolute Gasteiger partial charge is 0.324 e. The van der Waals surface area contributed by atoms with Gasteiger partial charge in [-0.05, 0) is 31.4 Å². The first-order valence-corrected chi connectivity index (χ1v) is 5.93. The summed E-state index contributed by atoms with van der Waals surface area (Å²) < 4.78 is 13.2. The van der Waals surface area contributed by atoms with Crippen LogP contribution in [-0.4, -0.2) is 11.4 Å². The molecule has 1 fully saturated rings. The molecule has 0 aliphatic heterocycles. The molecule has 0 atom stereocenters. The Morgan fingerprint density at radius 3 is 2.29 bits per heavy atom. The maximum Gasteiger partial charge on any atom is 0.244 e. The Hall–Kier alpha value is -0.840. The topological polar surface area (TPSA) is 55.1 Å². The van der Waals surface area contributed by atoms with E-state index in [2.05, 4.69) is 5.32 Å². The van der Waals surface area contributed by atoms with E-state index in [4.69, 9.17) is 28.9 Å². The lowest BCUT2D eigenvalue weighted by Crippen LogP contribution is -2.56. The Bertz CT molecular complexity index is 452. The van der Waals surface area contributed by atoms with Crippen molar-refractivity contribution < 1.29 is 9.18 Å². The summed E-state index contributed by atoms with van der Waals surface area (Å²) in [6.07, 6.45) is 2.25. The number of amides is 1. The van der Waals surface area contributed by atoms with Crippen LogP contribution in [0, 0.1) is 5.82 Å². The van der Waals surface area contributed by atoms with Crippen LogP contribution in [0.2, 0.25) is 10.0 Å². The highest BCUT2D eigenvalue weighted by molar-refractivity contribution is 6.35. The summed E-state index contributed by atoms with van der Waals surface area (Å²) in [5.74, 6) is -0.986. The zero-order valence-corrected chi connectivity index (χ0v) is 10.4. The minimum atomic E-state index is -0.812. The molecule has 1 aromatic rings. The summed E-state index contributed by atoms with van der Waals surface area (Å²) in [6.45, 7) is 0. The van der Waals surface area contributed by atoms with Gasteiger partial charge in [0.2, 0.25) is 5.91 Å². The van der Waals surface area contributed by atoms with Crippen molar-refractivity contribution in [2.24, 2.45) is 5.73 Å². The van der Waals surface area contributed by atoms with E-state index in [1.54, 1.807) is 0 Å². The minimum Gasteiger partial charge on any atom is -0.324 e. The molecule has 17 heavy (non-hydrogen) atoms. The summed E-state index contributed by atoms with van der Waals surface area (Å²) in [4.78, 5) is 11.8. The molecule has 3 N–H and O–H groups in total. The molecule has 0 radical (unpaired) electrons. The standard InChI is InChI=1S/C11H11Cl2FN2O/c12-7-4-6(5-8(13)9(7)14)16-10(17)11(15)2-1-3-11/h4-5H,1-3,15H2,(H,16,17). The molecule has 0 heterocycles. The Morgan fingerprint density at radius 1 is 1.35 bits per heavy atom. The molecule has 1 aromatic carbocycles. The number of rotatable bonds is 2. The van der Waals surface area contributed by atoms with Crippen LogP contribution in [0.25, 0.3) is 0 Å². The Balaban J connectivity index is 2.16. The van der Waals surface area contributed by atoms with Crippen molar-refractivity contribution in [2.75, 3.05) is 5.32 Å². The molecule has 3 nitrogen and oxygen atoms in total. The van der Waals surface area contributed by atoms with E-state index < -0.39 is 11.4 Å². The number of halogens is 3. The normalized spacial score (nSPS) is 17.4. The maximum absolute atomic E-state index is 13.2. The molecule has 0 saturated heterocycles. The van der Waals surface area contributed by atoms with Crippen LogP contribution in [0.1, 0.15) is 19.3 Å². The molecule has 0 aromatic heterocycles. The van der Waals surface area contributed by atoms with Gasteiger partial charge in [0.15, 0.2) is 5.82 Å². The first kappa shape index (κ1) is 12.6. The van der Waals surface area contributed by atoms with Crippen LogP contribution in [0.3, 0.4) is 0 Å². The predicted molar refractivity (Wildman–Crippen MR) is 65.8 cm³/mol. The molecular weight excluding hydrogens is 266 g/mol. The van der Waals surface area contributed by atoms with Gasteiger partial charge in [-0.25, -0.2) is 4.39 Å². The summed E-state index contributed by atoms with van der Waals surface area (Å²) in [6, 6.07) is 2.62. The fraction of sp³-hybridized carbons (Fsp3) is 0.364. The number of nitrogens with one attached hydrogen (secondary N) is 1. The molecule has 1 aliphatic rings. The summed E-state index contributed by atoms with van der Waals surface area (Å²) >= 11 is 11.2. The van der Waals surface area contributed by atoms with E-state index in [0.717, 1.165) is 6.42 Å². The van der Waals surface area contributed by atoms with E-state index in [1.807, 2.05) is 0 Å². The van der Waals surface area contributed by atoms with Gasteiger partial charge in [0, 0.05) is 5.69 Å². The van der Waals surface area contributed by atoms with Gasteiger partial charge in [0.05, 0.1) is 15.6 Å². The van der Waals surface area contributed by atoms with Crippen LogP contribution in [0.15, 0.2) is 12.1 Å². The van der Waals surface area contributed by atoms with Crippen LogP contribution in [-0.2, 0) is 4.79 Å². The van der Waals surface area contributed by atoms with E-state index in [0.29, 0.717) is 18.5 Å². The number of anilines is 1. The fourth-order valence-corrected chi connectivity index (χ4v) is 2.16. The fourth-order valence-electron chi connectivity index (χ4n) is 1.67. The molecule has 92 valence electrons. The van der Waals surface area contributed by atoms with Crippen molar-refractivity contribution in [3.8, 4) is 0 Å². The molecule has 0 unspecified atom stereocenters. The average molecular weight is 277 g/mol. The van der Waals surface area contributed by atoms with Crippen molar-refractivity contribution in [1.29, 1.82) is 0 Å². The van der Waals surface area contributed by atoms with Gasteiger partial charge in [-0.1, -0.05) is 23.2 Å². The maximum atomic E-state index is 13.2. The third kappa shape index (κ3) is 2.39. The quantitative estimate of drug-likeness (QED) is 0.816. The third-order valence-electron chi connectivity index (χ3n) is 2.94. The highest BCUT2D eigenvalue weighted by atomic mass is 35.5. The predicted octanol–water partition coefficient (Wildman–Crippen LogP) is 2.95. The molecule has 1 saturated carbocycles. The number of carbonyl (C=O) groups excluding carboxylic acids is 1. The van der Waals surface area contributed by atoms with Gasteiger partial charge in [-0.2, -0.15) is 0 Å². The smallest absolute Gasteiger partial charge is 0.244 e. The molecule has 0 spiro atoms. The second-order valence-electron chi connectivity index (χ2n) is 4.22. The van der Waals surface area contributed by atoms with Gasteiger partial charge in [-0.3, -0.25) is 4.79 Å². The number of nitrogens with two attached hydrogens (primary N) is 1. The summed E-state index contributed by atoms with van der Waals surface area (Å²) in [7, 11) is 0. The number of carbonyl (C=O) groups is 1. The van der Waals surface area contributed by atoms with Gasteiger partial charge in [-0.15, -0.1) is 0 Å². The minimum absolute atomic E-state index is 0.132. The van der Waals surface area contributed by atoms with Crippen LogP contribution in [0.4, 0.5) is 10.1 Å². The van der Waals surface area contributed by atoms with Crippen LogP contribution >= 0.6 is 23.2 Å². The lowest BCUT2D eigenvalue weighted by Gasteiger charge is -2.36. The molecule has 1 aliphatic carbocycles. The Labute approximate surface area is 108 Å². The average Bonchev–Trinajstić information content (AvgIpc) is 2.22. The summed E-state index contributed by atoms with van der Waals surface area (Å²) in [5.41, 5.74) is 5.39. The van der Waals surface area contributed by atoms with Crippen molar-refractivity contribution in [3.05, 3.63) is 28.0 Å².